The zero-order valence-electron chi connectivity index (χ0n) is 13.0. The second-order valence-corrected chi connectivity index (χ2v) is 6.26. The third-order valence-corrected chi connectivity index (χ3v) is 3.52. The molecule has 3 rings (SSSR count). The molecule has 1 aromatic carbocycles. The third kappa shape index (κ3) is 2.48. The Bertz CT molecular complexity index is 771. The van der Waals surface area contributed by atoms with Crippen LogP contribution in [0, 0.1) is 0 Å². The molecule has 2 heterocycles. The van der Waals surface area contributed by atoms with Gasteiger partial charge in [0.15, 0.2) is 5.82 Å². The number of aromatic hydroxyl groups is 1. The molecule has 0 spiro atoms. The van der Waals surface area contributed by atoms with Crippen LogP contribution >= 0.6 is 0 Å². The van der Waals surface area contributed by atoms with Crippen molar-refractivity contribution in [2.24, 2.45) is 0 Å². The largest absolute Gasteiger partial charge is 0.493 e. The molecule has 112 valence electrons. The van der Waals surface area contributed by atoms with E-state index in [4.69, 9.17) is 0 Å². The highest BCUT2D eigenvalue weighted by Gasteiger charge is 2.29. The van der Waals surface area contributed by atoms with E-state index < -0.39 is 0 Å². The Hall–Kier alpha value is -2.62. The van der Waals surface area contributed by atoms with E-state index >= 15 is 0 Å². The molecule has 3 aromatic rings. The van der Waals surface area contributed by atoms with Gasteiger partial charge in [-0.1, -0.05) is 57.2 Å². The summed E-state index contributed by atoms with van der Waals surface area (Å²) in [5.74, 6) is 0.748. The first-order chi connectivity index (χ1) is 10.5. The van der Waals surface area contributed by atoms with E-state index in [1.807, 2.05) is 48.5 Å². The molecule has 0 fully saturated rings. The Morgan fingerprint density at radius 1 is 0.955 bits per heavy atom. The Kier molecular flexibility index (Phi) is 3.45. The first-order valence-corrected chi connectivity index (χ1v) is 7.28. The van der Waals surface area contributed by atoms with Gasteiger partial charge in [0.1, 0.15) is 5.69 Å². The number of pyridine rings is 1. The van der Waals surface area contributed by atoms with Gasteiger partial charge in [-0.05, 0) is 17.5 Å². The highest BCUT2D eigenvalue weighted by atomic mass is 16.3. The van der Waals surface area contributed by atoms with Crippen molar-refractivity contribution in [2.45, 2.75) is 26.2 Å². The van der Waals surface area contributed by atoms with Gasteiger partial charge < -0.3 is 5.11 Å². The van der Waals surface area contributed by atoms with E-state index in [9.17, 15) is 5.11 Å². The molecule has 0 saturated heterocycles. The van der Waals surface area contributed by atoms with Gasteiger partial charge in [0.05, 0.1) is 0 Å². The van der Waals surface area contributed by atoms with E-state index in [-0.39, 0.29) is 11.3 Å². The van der Waals surface area contributed by atoms with Gasteiger partial charge >= 0.3 is 0 Å². The Morgan fingerprint density at radius 2 is 1.64 bits per heavy atom. The van der Waals surface area contributed by atoms with Gasteiger partial charge in [-0.3, -0.25) is 0 Å². The van der Waals surface area contributed by atoms with E-state index in [0.29, 0.717) is 5.82 Å². The van der Waals surface area contributed by atoms with Crippen molar-refractivity contribution in [1.29, 1.82) is 0 Å². The fourth-order valence-electron chi connectivity index (χ4n) is 2.54. The highest BCUT2D eigenvalue weighted by molar-refractivity contribution is 5.67. The van der Waals surface area contributed by atoms with Crippen molar-refractivity contribution < 1.29 is 5.11 Å². The summed E-state index contributed by atoms with van der Waals surface area (Å²) < 4.78 is 1.50. The lowest BCUT2D eigenvalue weighted by Gasteiger charge is -2.19. The maximum atomic E-state index is 10.7. The number of hydrogen-bond donors (Lipinski definition) is 1. The first-order valence-electron chi connectivity index (χ1n) is 7.28. The molecule has 2 aromatic heterocycles. The van der Waals surface area contributed by atoms with Crippen LogP contribution in [0.5, 0.6) is 5.88 Å². The second kappa shape index (κ2) is 5.30. The summed E-state index contributed by atoms with van der Waals surface area (Å²) in [6, 6.07) is 15.5. The number of benzene rings is 1. The van der Waals surface area contributed by atoms with E-state index in [1.54, 1.807) is 6.20 Å². The number of aromatic nitrogens is 3. The van der Waals surface area contributed by atoms with Crippen LogP contribution in [-0.2, 0) is 5.41 Å². The van der Waals surface area contributed by atoms with E-state index in [2.05, 4.69) is 30.9 Å². The Balaban J connectivity index is 2.26. The number of hydrogen-bond acceptors (Lipinski definition) is 3. The summed E-state index contributed by atoms with van der Waals surface area (Å²) in [5, 5.41) is 15.3. The fraction of sp³-hybridized carbons (Fsp3) is 0.222. The normalized spacial score (nSPS) is 11.6. The lowest BCUT2D eigenvalue weighted by Crippen LogP contribution is -2.12. The zero-order chi connectivity index (χ0) is 15.7. The Labute approximate surface area is 130 Å². The molecule has 0 aliphatic heterocycles. The van der Waals surface area contributed by atoms with Gasteiger partial charge in [0.25, 0.3) is 0 Å². The number of rotatable bonds is 2. The summed E-state index contributed by atoms with van der Waals surface area (Å²) in [4.78, 5) is 4.28. The van der Waals surface area contributed by atoms with Crippen molar-refractivity contribution in [2.75, 3.05) is 0 Å². The van der Waals surface area contributed by atoms with Gasteiger partial charge in [-0.2, -0.15) is 9.78 Å². The molecule has 0 aliphatic rings. The number of nitrogens with zero attached hydrogens (tertiary/aromatic N) is 3. The Morgan fingerprint density at radius 3 is 2.23 bits per heavy atom. The van der Waals surface area contributed by atoms with Crippen LogP contribution in [0.15, 0.2) is 54.7 Å². The van der Waals surface area contributed by atoms with Crippen LogP contribution in [0.1, 0.15) is 26.3 Å². The van der Waals surface area contributed by atoms with Crippen molar-refractivity contribution in [3.8, 4) is 23.0 Å². The molecule has 0 unspecified atom stereocenters. The van der Waals surface area contributed by atoms with Crippen LogP contribution in [0.3, 0.4) is 0 Å². The highest BCUT2D eigenvalue weighted by Crippen LogP contribution is 2.39. The molecule has 0 bridgehead atoms. The van der Waals surface area contributed by atoms with Crippen LogP contribution < -0.4 is 0 Å². The molecular weight excluding hydrogens is 274 g/mol. The SMILES string of the molecule is CC(C)(C)c1c(-c2ccccc2)nn(-c2ccccn2)c1O. The molecule has 0 amide bonds. The second-order valence-electron chi connectivity index (χ2n) is 6.26. The van der Waals surface area contributed by atoms with Gasteiger partial charge in [0, 0.05) is 17.3 Å². The summed E-state index contributed by atoms with van der Waals surface area (Å²) in [6.07, 6.45) is 1.69. The fourth-order valence-corrected chi connectivity index (χ4v) is 2.54. The molecule has 22 heavy (non-hydrogen) atoms. The minimum atomic E-state index is -0.234. The maximum Gasteiger partial charge on any atom is 0.220 e. The van der Waals surface area contributed by atoms with Crippen LogP contribution in [0.2, 0.25) is 0 Å². The van der Waals surface area contributed by atoms with Gasteiger partial charge in [-0.15, -0.1) is 0 Å². The van der Waals surface area contributed by atoms with Crippen LogP contribution in [0.4, 0.5) is 0 Å². The molecular formula is C18H19N3O. The monoisotopic (exact) mass is 293 g/mol. The van der Waals surface area contributed by atoms with E-state index in [0.717, 1.165) is 16.8 Å². The summed E-state index contributed by atoms with van der Waals surface area (Å²) in [6.45, 7) is 6.21. The molecule has 1 N–H and O–H groups in total. The average Bonchev–Trinajstić information content (AvgIpc) is 2.87. The van der Waals surface area contributed by atoms with Crippen molar-refractivity contribution >= 4 is 0 Å². The quantitative estimate of drug-likeness (QED) is 0.778. The van der Waals surface area contributed by atoms with E-state index in [1.165, 1.54) is 4.68 Å². The molecule has 0 radical (unpaired) electrons. The summed E-state index contributed by atoms with van der Waals surface area (Å²) in [7, 11) is 0. The zero-order valence-corrected chi connectivity index (χ0v) is 13.0. The molecule has 4 nitrogen and oxygen atoms in total. The average molecular weight is 293 g/mol. The maximum absolute atomic E-state index is 10.7. The molecule has 0 atom stereocenters. The predicted molar refractivity (Wildman–Crippen MR) is 87.2 cm³/mol. The molecule has 0 saturated carbocycles. The van der Waals surface area contributed by atoms with Crippen molar-refractivity contribution in [3.63, 3.8) is 0 Å². The molecule has 4 heteroatoms. The minimum Gasteiger partial charge on any atom is -0.493 e. The van der Waals surface area contributed by atoms with Crippen molar-refractivity contribution in [3.05, 3.63) is 60.3 Å². The standard InChI is InChI=1S/C18H19N3O/c1-18(2,3)15-16(13-9-5-4-6-10-13)20-21(17(15)22)14-11-7-8-12-19-14/h4-12,22H,1-3H3. The third-order valence-electron chi connectivity index (χ3n) is 3.52. The minimum absolute atomic E-state index is 0.144. The van der Waals surface area contributed by atoms with Crippen LogP contribution in [-0.4, -0.2) is 19.9 Å². The van der Waals surface area contributed by atoms with Crippen molar-refractivity contribution in [1.82, 2.24) is 14.8 Å². The predicted octanol–water partition coefficient (Wildman–Crippen LogP) is 3.94. The lowest BCUT2D eigenvalue weighted by molar-refractivity contribution is 0.412. The van der Waals surface area contributed by atoms with Gasteiger partial charge in [-0.25, -0.2) is 4.98 Å². The van der Waals surface area contributed by atoms with Crippen LogP contribution in [0.25, 0.3) is 17.1 Å². The topological polar surface area (TPSA) is 50.9 Å². The summed E-state index contributed by atoms with van der Waals surface area (Å²) >= 11 is 0. The smallest absolute Gasteiger partial charge is 0.220 e. The summed E-state index contributed by atoms with van der Waals surface area (Å²) in [5.41, 5.74) is 2.36. The van der Waals surface area contributed by atoms with Gasteiger partial charge in [0.2, 0.25) is 5.88 Å². The molecule has 0 aliphatic carbocycles. The first kappa shape index (κ1) is 14.3. The lowest BCUT2D eigenvalue weighted by atomic mass is 9.85.